The SMILES string of the molecule is CCCN(CCC)CCC.N#CS. The molecule has 0 unspecified atom stereocenters. The minimum absolute atomic E-state index is 1.28. The van der Waals surface area contributed by atoms with Crippen molar-refractivity contribution >= 4 is 12.6 Å². The van der Waals surface area contributed by atoms with Gasteiger partial charge in [0.05, 0.1) is 0 Å². The van der Waals surface area contributed by atoms with E-state index in [0.717, 1.165) is 0 Å². The molecule has 0 amide bonds. The van der Waals surface area contributed by atoms with Gasteiger partial charge in [0.1, 0.15) is 5.40 Å². The van der Waals surface area contributed by atoms with Crippen molar-refractivity contribution in [3.05, 3.63) is 0 Å². The Bertz CT molecular complexity index is 106. The van der Waals surface area contributed by atoms with E-state index in [0.29, 0.717) is 0 Å². The molecule has 0 aromatic carbocycles. The zero-order valence-electron chi connectivity index (χ0n) is 9.08. The van der Waals surface area contributed by atoms with Gasteiger partial charge in [0.25, 0.3) is 0 Å². The van der Waals surface area contributed by atoms with E-state index in [1.165, 1.54) is 44.3 Å². The van der Waals surface area contributed by atoms with E-state index < -0.39 is 0 Å². The molecule has 3 heteroatoms. The molecule has 0 aromatic rings. The van der Waals surface area contributed by atoms with Gasteiger partial charge < -0.3 is 4.90 Å². The van der Waals surface area contributed by atoms with Gasteiger partial charge in [-0.05, 0) is 38.9 Å². The molecule has 0 atom stereocenters. The summed E-state index contributed by atoms with van der Waals surface area (Å²) >= 11 is 3.09. The Morgan fingerprint density at radius 3 is 1.38 bits per heavy atom. The summed E-state index contributed by atoms with van der Waals surface area (Å²) in [7, 11) is 0. The number of nitriles is 1. The van der Waals surface area contributed by atoms with Crippen molar-refractivity contribution in [1.82, 2.24) is 4.90 Å². The molecule has 0 saturated heterocycles. The Morgan fingerprint density at radius 1 is 1.00 bits per heavy atom. The molecule has 0 fully saturated rings. The van der Waals surface area contributed by atoms with E-state index in [4.69, 9.17) is 5.26 Å². The van der Waals surface area contributed by atoms with Gasteiger partial charge in [-0.2, -0.15) is 5.26 Å². The fourth-order valence-corrected chi connectivity index (χ4v) is 1.28. The summed E-state index contributed by atoms with van der Waals surface area (Å²) in [6.07, 6.45) is 3.88. The first-order valence-corrected chi connectivity index (χ1v) is 5.46. The molecule has 0 aliphatic carbocycles. The van der Waals surface area contributed by atoms with Gasteiger partial charge >= 0.3 is 0 Å². The molecule has 78 valence electrons. The fraction of sp³-hybridized carbons (Fsp3) is 0.900. The van der Waals surface area contributed by atoms with E-state index in [9.17, 15) is 0 Å². The lowest BCUT2D eigenvalue weighted by Gasteiger charge is -2.19. The Morgan fingerprint density at radius 2 is 1.23 bits per heavy atom. The molecular formula is C10H22N2S. The van der Waals surface area contributed by atoms with Crippen molar-refractivity contribution in [2.24, 2.45) is 0 Å². The fourth-order valence-electron chi connectivity index (χ4n) is 1.28. The lowest BCUT2D eigenvalue weighted by Crippen LogP contribution is -2.25. The van der Waals surface area contributed by atoms with Gasteiger partial charge in [-0.15, -0.1) is 0 Å². The highest BCUT2D eigenvalue weighted by atomic mass is 32.1. The summed E-state index contributed by atoms with van der Waals surface area (Å²) in [6.45, 7) is 10.6. The predicted molar refractivity (Wildman–Crippen MR) is 61.9 cm³/mol. The topological polar surface area (TPSA) is 27.0 Å². The third-order valence-electron chi connectivity index (χ3n) is 1.62. The first-order chi connectivity index (χ1) is 6.26. The van der Waals surface area contributed by atoms with Crippen molar-refractivity contribution < 1.29 is 0 Å². The lowest BCUT2D eigenvalue weighted by atomic mass is 10.3. The van der Waals surface area contributed by atoms with Crippen LogP contribution >= 0.6 is 12.6 Å². The van der Waals surface area contributed by atoms with E-state index >= 15 is 0 Å². The third-order valence-corrected chi connectivity index (χ3v) is 1.62. The maximum atomic E-state index is 7.18. The monoisotopic (exact) mass is 202 g/mol. The van der Waals surface area contributed by atoms with Crippen LogP contribution in [0.5, 0.6) is 0 Å². The van der Waals surface area contributed by atoms with Gasteiger partial charge in [0.15, 0.2) is 0 Å². The van der Waals surface area contributed by atoms with Crippen molar-refractivity contribution in [2.75, 3.05) is 19.6 Å². The quantitative estimate of drug-likeness (QED) is 0.529. The summed E-state index contributed by atoms with van der Waals surface area (Å²) in [5, 5.41) is 8.63. The molecule has 0 spiro atoms. The van der Waals surface area contributed by atoms with Gasteiger partial charge in [-0.25, -0.2) is 0 Å². The van der Waals surface area contributed by atoms with Gasteiger partial charge in [0, 0.05) is 0 Å². The second-order valence-electron chi connectivity index (χ2n) is 2.94. The second kappa shape index (κ2) is 14.3. The number of hydrogen-bond donors (Lipinski definition) is 1. The second-order valence-corrected chi connectivity index (χ2v) is 3.14. The molecular weight excluding hydrogens is 180 g/mol. The Kier molecular flexibility index (Phi) is 16.8. The van der Waals surface area contributed by atoms with Crippen LogP contribution < -0.4 is 0 Å². The van der Waals surface area contributed by atoms with Crippen LogP contribution in [0.25, 0.3) is 0 Å². The summed E-state index contributed by atoms with van der Waals surface area (Å²) in [5.41, 5.74) is 0. The minimum Gasteiger partial charge on any atom is -0.303 e. The van der Waals surface area contributed by atoms with Crippen LogP contribution in [-0.2, 0) is 0 Å². The van der Waals surface area contributed by atoms with Gasteiger partial charge in [-0.1, -0.05) is 33.4 Å². The molecule has 0 saturated carbocycles. The maximum absolute atomic E-state index is 7.18. The highest BCUT2D eigenvalue weighted by Crippen LogP contribution is 1.94. The van der Waals surface area contributed by atoms with Crippen LogP contribution in [0.4, 0.5) is 0 Å². The van der Waals surface area contributed by atoms with Crippen LogP contribution in [0.15, 0.2) is 0 Å². The minimum atomic E-state index is 1.28. The number of nitrogens with zero attached hydrogens (tertiary/aromatic N) is 2. The van der Waals surface area contributed by atoms with Gasteiger partial charge in [0.2, 0.25) is 0 Å². The highest BCUT2D eigenvalue weighted by Gasteiger charge is 1.98. The van der Waals surface area contributed by atoms with E-state index in [-0.39, 0.29) is 0 Å². The molecule has 0 rings (SSSR count). The molecule has 0 aromatic heterocycles. The van der Waals surface area contributed by atoms with Crippen molar-refractivity contribution in [3.8, 4) is 5.40 Å². The van der Waals surface area contributed by atoms with Gasteiger partial charge in [-0.3, -0.25) is 0 Å². The van der Waals surface area contributed by atoms with Crippen molar-refractivity contribution in [2.45, 2.75) is 40.0 Å². The lowest BCUT2D eigenvalue weighted by molar-refractivity contribution is 0.275. The predicted octanol–water partition coefficient (Wildman–Crippen LogP) is 2.92. The molecule has 2 nitrogen and oxygen atoms in total. The molecule has 0 radical (unpaired) electrons. The molecule has 0 aliphatic heterocycles. The van der Waals surface area contributed by atoms with Crippen molar-refractivity contribution in [1.29, 1.82) is 5.26 Å². The smallest absolute Gasteiger partial charge is 0.130 e. The maximum Gasteiger partial charge on any atom is 0.130 e. The molecule has 0 aliphatic rings. The number of hydrogen-bond acceptors (Lipinski definition) is 3. The Hall–Kier alpha value is -0.200. The Labute approximate surface area is 88.3 Å². The number of thiol groups is 1. The van der Waals surface area contributed by atoms with Crippen LogP contribution in [0.1, 0.15) is 40.0 Å². The average Bonchev–Trinajstić information content (AvgIpc) is 2.07. The molecule has 0 heterocycles. The molecule has 0 bridgehead atoms. The third kappa shape index (κ3) is 14.6. The summed E-state index contributed by atoms with van der Waals surface area (Å²) in [6, 6.07) is 0. The van der Waals surface area contributed by atoms with Crippen molar-refractivity contribution in [3.63, 3.8) is 0 Å². The first kappa shape index (κ1) is 15.3. The van der Waals surface area contributed by atoms with E-state index in [1.54, 1.807) is 0 Å². The van der Waals surface area contributed by atoms with Crippen LogP contribution in [0.3, 0.4) is 0 Å². The summed E-state index contributed by atoms with van der Waals surface area (Å²) in [4.78, 5) is 2.54. The van der Waals surface area contributed by atoms with Crippen LogP contribution in [0.2, 0.25) is 0 Å². The number of thiocyanates is 1. The standard InChI is InChI=1S/C9H21N.CHNS/c1-4-7-10(8-5-2)9-6-3;2-1-3/h4-9H2,1-3H3;3H. The Balaban J connectivity index is 0. The first-order valence-electron chi connectivity index (χ1n) is 5.02. The highest BCUT2D eigenvalue weighted by molar-refractivity contribution is 7.85. The zero-order chi connectivity index (χ0) is 10.5. The van der Waals surface area contributed by atoms with E-state index in [1.807, 2.05) is 0 Å². The average molecular weight is 202 g/mol. The summed E-state index contributed by atoms with van der Waals surface area (Å²) < 4.78 is 0. The number of rotatable bonds is 6. The van der Waals surface area contributed by atoms with Crippen LogP contribution in [-0.4, -0.2) is 24.5 Å². The molecule has 0 N–H and O–H groups in total. The normalized spacial score (nSPS) is 8.92. The van der Waals surface area contributed by atoms with Crippen LogP contribution in [0, 0.1) is 10.7 Å². The molecule has 13 heavy (non-hydrogen) atoms. The van der Waals surface area contributed by atoms with E-state index in [2.05, 4.69) is 38.3 Å². The largest absolute Gasteiger partial charge is 0.303 e. The summed E-state index contributed by atoms with van der Waals surface area (Å²) in [5.74, 6) is 0. The zero-order valence-corrected chi connectivity index (χ0v) is 9.98.